The molecule has 1 unspecified atom stereocenters. The largest absolute Gasteiger partial charge is 0.392 e. The summed E-state index contributed by atoms with van der Waals surface area (Å²) in [5.74, 6) is 0. The second kappa shape index (κ2) is 6.05. The van der Waals surface area contributed by atoms with Gasteiger partial charge in [-0.1, -0.05) is 57.5 Å². The normalized spacial score (nSPS) is 18.2. The highest BCUT2D eigenvalue weighted by Gasteiger charge is 2.49. The molecule has 1 saturated carbocycles. The van der Waals surface area contributed by atoms with Crippen LogP contribution in [0.2, 0.25) is 0 Å². The van der Waals surface area contributed by atoms with E-state index in [2.05, 4.69) is 31.2 Å². The van der Waals surface area contributed by atoms with E-state index in [1.165, 1.54) is 5.56 Å². The number of aliphatic hydroxyl groups is 1. The molecule has 0 aliphatic heterocycles. The van der Waals surface area contributed by atoms with Crippen LogP contribution in [0, 0.1) is 0 Å². The predicted molar refractivity (Wildman–Crippen MR) is 69.6 cm³/mol. The molecular formula is C15H24O. The Hall–Kier alpha value is -0.820. The van der Waals surface area contributed by atoms with Crippen molar-refractivity contribution in [2.45, 2.75) is 58.0 Å². The molecule has 0 spiro atoms. The maximum Gasteiger partial charge on any atom is 0.0636 e. The zero-order valence-electron chi connectivity index (χ0n) is 10.7. The van der Waals surface area contributed by atoms with Crippen molar-refractivity contribution < 1.29 is 5.11 Å². The van der Waals surface area contributed by atoms with Crippen LogP contribution < -0.4 is 0 Å². The van der Waals surface area contributed by atoms with Crippen LogP contribution in [-0.4, -0.2) is 11.2 Å². The van der Waals surface area contributed by atoms with Crippen LogP contribution >= 0.6 is 0 Å². The van der Waals surface area contributed by atoms with E-state index in [9.17, 15) is 5.11 Å². The summed E-state index contributed by atoms with van der Waals surface area (Å²) in [7, 11) is 0. The van der Waals surface area contributed by atoms with Gasteiger partial charge in [-0.25, -0.2) is 0 Å². The summed E-state index contributed by atoms with van der Waals surface area (Å²) in [5.41, 5.74) is 1.43. The number of aliphatic hydroxyl groups excluding tert-OH is 1. The second-order valence-corrected chi connectivity index (χ2v) is 4.33. The molecule has 0 bridgehead atoms. The molecule has 1 heteroatoms. The maximum atomic E-state index is 10.1. The summed E-state index contributed by atoms with van der Waals surface area (Å²) < 4.78 is 0. The minimum absolute atomic E-state index is 0.108. The van der Waals surface area contributed by atoms with Gasteiger partial charge in [0.05, 0.1) is 6.10 Å². The van der Waals surface area contributed by atoms with Crippen molar-refractivity contribution >= 4 is 0 Å². The summed E-state index contributed by atoms with van der Waals surface area (Å²) in [4.78, 5) is 0. The van der Waals surface area contributed by atoms with Gasteiger partial charge in [0.15, 0.2) is 0 Å². The van der Waals surface area contributed by atoms with Gasteiger partial charge in [0.1, 0.15) is 0 Å². The fraction of sp³-hybridized carbons (Fsp3) is 0.600. The highest BCUT2D eigenvalue weighted by Crippen LogP contribution is 2.51. The van der Waals surface area contributed by atoms with Gasteiger partial charge in [-0.3, -0.25) is 0 Å². The third-order valence-corrected chi connectivity index (χ3v) is 3.34. The van der Waals surface area contributed by atoms with Gasteiger partial charge in [-0.15, -0.1) is 0 Å². The van der Waals surface area contributed by atoms with E-state index in [0.717, 1.165) is 25.7 Å². The number of hydrogen-bond acceptors (Lipinski definition) is 1. The lowest BCUT2D eigenvalue weighted by molar-refractivity contribution is 0.121. The minimum atomic E-state index is -0.144. The van der Waals surface area contributed by atoms with Crippen molar-refractivity contribution in [2.75, 3.05) is 0 Å². The van der Waals surface area contributed by atoms with E-state index >= 15 is 0 Å². The molecule has 1 aromatic carbocycles. The molecule has 1 aliphatic rings. The number of benzene rings is 1. The Labute approximate surface area is 99.5 Å². The van der Waals surface area contributed by atoms with Gasteiger partial charge in [0.25, 0.3) is 0 Å². The lowest BCUT2D eigenvalue weighted by atomic mass is 9.88. The lowest BCUT2D eigenvalue weighted by Crippen LogP contribution is -2.25. The number of rotatable bonds is 4. The zero-order chi connectivity index (χ0) is 12.0. The van der Waals surface area contributed by atoms with Crippen LogP contribution in [0.15, 0.2) is 30.3 Å². The van der Waals surface area contributed by atoms with Crippen LogP contribution in [0.1, 0.15) is 52.0 Å². The van der Waals surface area contributed by atoms with Crippen LogP contribution in [0.5, 0.6) is 0 Å². The van der Waals surface area contributed by atoms with Gasteiger partial charge >= 0.3 is 0 Å². The molecule has 1 N–H and O–H groups in total. The molecule has 1 aliphatic carbocycles. The molecule has 1 fully saturated rings. The first-order valence-corrected chi connectivity index (χ1v) is 6.53. The van der Waals surface area contributed by atoms with Gasteiger partial charge in [0.2, 0.25) is 0 Å². The molecule has 0 saturated heterocycles. The van der Waals surface area contributed by atoms with E-state index in [0.29, 0.717) is 0 Å². The van der Waals surface area contributed by atoms with Crippen molar-refractivity contribution in [1.82, 2.24) is 0 Å². The molecular weight excluding hydrogens is 196 g/mol. The first kappa shape index (κ1) is 13.2. The quantitative estimate of drug-likeness (QED) is 0.815. The van der Waals surface area contributed by atoms with Gasteiger partial charge in [-0.05, 0) is 24.8 Å². The molecule has 0 amide bonds. The average molecular weight is 220 g/mol. The Morgan fingerprint density at radius 2 is 1.75 bits per heavy atom. The molecule has 0 radical (unpaired) electrons. The van der Waals surface area contributed by atoms with Crippen LogP contribution in [0.25, 0.3) is 0 Å². The van der Waals surface area contributed by atoms with Crippen molar-refractivity contribution in [2.24, 2.45) is 0 Å². The summed E-state index contributed by atoms with van der Waals surface area (Å²) in [5, 5.41) is 10.1. The molecule has 2 rings (SSSR count). The third-order valence-electron chi connectivity index (χ3n) is 3.34. The summed E-state index contributed by atoms with van der Waals surface area (Å²) in [6.45, 7) is 6.13. The molecule has 90 valence electrons. The number of hydrogen-bond donors (Lipinski definition) is 1. The Morgan fingerprint density at radius 3 is 2.19 bits per heavy atom. The predicted octanol–water partition coefficient (Wildman–Crippen LogP) is 3.91. The van der Waals surface area contributed by atoms with Crippen molar-refractivity contribution in [3.05, 3.63) is 35.9 Å². The summed E-state index contributed by atoms with van der Waals surface area (Å²) >= 11 is 0. The van der Waals surface area contributed by atoms with E-state index in [1.54, 1.807) is 0 Å². The van der Waals surface area contributed by atoms with Crippen LogP contribution in [0.3, 0.4) is 0 Å². The fourth-order valence-corrected chi connectivity index (χ4v) is 2.27. The SMILES string of the molecule is CC.CCCC(O)C1(c2ccccc2)CC1. The molecule has 16 heavy (non-hydrogen) atoms. The fourth-order valence-electron chi connectivity index (χ4n) is 2.27. The molecule has 0 heterocycles. The second-order valence-electron chi connectivity index (χ2n) is 4.33. The van der Waals surface area contributed by atoms with E-state index < -0.39 is 0 Å². The van der Waals surface area contributed by atoms with Gasteiger partial charge in [0, 0.05) is 5.41 Å². The highest BCUT2D eigenvalue weighted by atomic mass is 16.3. The van der Waals surface area contributed by atoms with E-state index in [1.807, 2.05) is 19.9 Å². The Morgan fingerprint density at radius 1 is 1.19 bits per heavy atom. The minimum Gasteiger partial charge on any atom is -0.392 e. The van der Waals surface area contributed by atoms with Crippen LogP contribution in [0.4, 0.5) is 0 Å². The lowest BCUT2D eigenvalue weighted by Gasteiger charge is -2.22. The summed E-state index contributed by atoms with van der Waals surface area (Å²) in [6, 6.07) is 10.5. The first-order chi connectivity index (χ1) is 7.79. The third kappa shape index (κ3) is 2.65. The maximum absolute atomic E-state index is 10.1. The first-order valence-electron chi connectivity index (χ1n) is 6.53. The van der Waals surface area contributed by atoms with Crippen LogP contribution in [-0.2, 0) is 5.41 Å². The van der Waals surface area contributed by atoms with E-state index in [4.69, 9.17) is 0 Å². The van der Waals surface area contributed by atoms with Gasteiger partial charge < -0.3 is 5.11 Å². The Balaban J connectivity index is 0.000000606. The zero-order valence-corrected chi connectivity index (χ0v) is 10.7. The standard InChI is InChI=1S/C13H18O.C2H6/c1-2-6-12(14)13(9-10-13)11-7-4-3-5-8-11;1-2/h3-5,7-8,12,14H,2,6,9-10H2,1H3;1-2H3. The highest BCUT2D eigenvalue weighted by molar-refractivity contribution is 5.32. The van der Waals surface area contributed by atoms with Crippen molar-refractivity contribution in [3.8, 4) is 0 Å². The summed E-state index contributed by atoms with van der Waals surface area (Å²) in [6.07, 6.45) is 4.15. The molecule has 1 atom stereocenters. The van der Waals surface area contributed by atoms with Crippen molar-refractivity contribution in [1.29, 1.82) is 0 Å². The Kier molecular flexibility index (Phi) is 5.01. The van der Waals surface area contributed by atoms with Crippen molar-refractivity contribution in [3.63, 3.8) is 0 Å². The van der Waals surface area contributed by atoms with Gasteiger partial charge in [-0.2, -0.15) is 0 Å². The Bertz CT molecular complexity index is 288. The average Bonchev–Trinajstić information content (AvgIpc) is 3.14. The monoisotopic (exact) mass is 220 g/mol. The smallest absolute Gasteiger partial charge is 0.0636 e. The molecule has 1 aromatic rings. The van der Waals surface area contributed by atoms with E-state index in [-0.39, 0.29) is 11.5 Å². The topological polar surface area (TPSA) is 20.2 Å². The molecule has 0 aromatic heterocycles. The molecule has 1 nitrogen and oxygen atoms in total.